The lowest BCUT2D eigenvalue weighted by Gasteiger charge is -2.21. The van der Waals surface area contributed by atoms with Crippen LogP contribution < -0.4 is 15.5 Å². The van der Waals surface area contributed by atoms with Gasteiger partial charge < -0.3 is 15.5 Å². The van der Waals surface area contributed by atoms with Crippen molar-refractivity contribution in [2.45, 2.75) is 39.2 Å². The van der Waals surface area contributed by atoms with E-state index in [1.807, 2.05) is 6.07 Å². The number of hydrogen-bond donors (Lipinski definition) is 2. The van der Waals surface area contributed by atoms with E-state index in [0.29, 0.717) is 5.95 Å². The Morgan fingerprint density at radius 1 is 1.00 bits per heavy atom. The van der Waals surface area contributed by atoms with Gasteiger partial charge in [-0.15, -0.1) is 0 Å². The Kier molecular flexibility index (Phi) is 4.37. The average Bonchev–Trinajstić information content (AvgIpc) is 3.01. The number of nitrogens with zero attached hydrogens (tertiary/aromatic N) is 3. The van der Waals surface area contributed by atoms with Crippen LogP contribution in [0, 0.1) is 0 Å². The van der Waals surface area contributed by atoms with E-state index in [9.17, 15) is 0 Å². The van der Waals surface area contributed by atoms with Crippen molar-refractivity contribution in [2.75, 3.05) is 28.6 Å². The number of aromatic nitrogens is 2. The zero-order valence-corrected chi connectivity index (χ0v) is 14.1. The van der Waals surface area contributed by atoms with Gasteiger partial charge in [-0.1, -0.05) is 0 Å². The number of rotatable bonds is 4. The molecule has 0 radical (unpaired) electrons. The molecule has 0 aliphatic carbocycles. The van der Waals surface area contributed by atoms with Gasteiger partial charge in [-0.3, -0.25) is 0 Å². The molecule has 0 amide bonds. The standard InChI is InChI=1S/C18H25N5/c1-18(2,3)22-16-10-11-19-17(21-16)20-14-6-8-15(9-7-14)23-12-4-5-13-23/h6-11H,4-5,12-13H2,1-3H3,(H2,19,20,21,22). The molecule has 1 aliphatic rings. The lowest BCUT2D eigenvalue weighted by Crippen LogP contribution is -2.26. The average molecular weight is 311 g/mol. The van der Waals surface area contributed by atoms with Gasteiger partial charge in [0.25, 0.3) is 0 Å². The van der Waals surface area contributed by atoms with Gasteiger partial charge in [0.15, 0.2) is 0 Å². The number of nitrogens with one attached hydrogen (secondary N) is 2. The highest BCUT2D eigenvalue weighted by molar-refractivity contribution is 5.60. The molecule has 0 unspecified atom stereocenters. The third-order valence-corrected chi connectivity index (χ3v) is 3.75. The first-order chi connectivity index (χ1) is 11.0. The van der Waals surface area contributed by atoms with Crippen molar-refractivity contribution in [3.63, 3.8) is 0 Å². The van der Waals surface area contributed by atoms with Gasteiger partial charge in [-0.05, 0) is 63.9 Å². The molecule has 2 heterocycles. The smallest absolute Gasteiger partial charge is 0.229 e. The molecule has 1 aromatic heterocycles. The van der Waals surface area contributed by atoms with E-state index < -0.39 is 0 Å². The van der Waals surface area contributed by atoms with Crippen molar-refractivity contribution in [2.24, 2.45) is 0 Å². The van der Waals surface area contributed by atoms with Gasteiger partial charge in [-0.25, -0.2) is 4.98 Å². The minimum atomic E-state index is -0.0248. The van der Waals surface area contributed by atoms with E-state index in [4.69, 9.17) is 0 Å². The monoisotopic (exact) mass is 311 g/mol. The SMILES string of the molecule is CC(C)(C)Nc1ccnc(Nc2ccc(N3CCCC3)cc2)n1. The molecule has 1 fully saturated rings. The third-order valence-electron chi connectivity index (χ3n) is 3.75. The summed E-state index contributed by atoms with van der Waals surface area (Å²) in [5, 5.41) is 6.62. The van der Waals surface area contributed by atoms with Crippen LogP contribution in [-0.4, -0.2) is 28.6 Å². The molecule has 0 atom stereocenters. The van der Waals surface area contributed by atoms with Gasteiger partial charge in [0.05, 0.1) is 0 Å². The summed E-state index contributed by atoms with van der Waals surface area (Å²) in [5.74, 6) is 1.43. The molecular weight excluding hydrogens is 286 g/mol. The molecule has 1 aromatic carbocycles. The van der Waals surface area contributed by atoms with Crippen molar-refractivity contribution in [1.82, 2.24) is 9.97 Å². The van der Waals surface area contributed by atoms with Gasteiger partial charge in [0, 0.05) is 36.2 Å². The number of benzene rings is 1. The Labute approximate surface area is 138 Å². The Balaban J connectivity index is 1.68. The fourth-order valence-electron chi connectivity index (χ4n) is 2.73. The maximum atomic E-state index is 4.51. The van der Waals surface area contributed by atoms with Crippen LogP contribution in [0.4, 0.5) is 23.1 Å². The minimum Gasteiger partial charge on any atom is -0.372 e. The highest BCUT2D eigenvalue weighted by atomic mass is 15.2. The molecule has 5 heteroatoms. The summed E-state index contributed by atoms with van der Waals surface area (Å²) in [7, 11) is 0. The fourth-order valence-corrected chi connectivity index (χ4v) is 2.73. The molecule has 0 spiro atoms. The minimum absolute atomic E-state index is 0.0248. The second-order valence-electron chi connectivity index (χ2n) is 7.01. The molecule has 1 aliphatic heterocycles. The second-order valence-corrected chi connectivity index (χ2v) is 7.01. The Bertz CT molecular complexity index is 639. The number of hydrogen-bond acceptors (Lipinski definition) is 5. The van der Waals surface area contributed by atoms with Crippen molar-refractivity contribution >= 4 is 23.1 Å². The summed E-state index contributed by atoms with van der Waals surface area (Å²) in [6.07, 6.45) is 4.35. The summed E-state index contributed by atoms with van der Waals surface area (Å²) < 4.78 is 0. The molecule has 5 nitrogen and oxygen atoms in total. The summed E-state index contributed by atoms with van der Waals surface area (Å²) in [5.41, 5.74) is 2.26. The Hall–Kier alpha value is -2.30. The van der Waals surface area contributed by atoms with Crippen LogP contribution in [0.25, 0.3) is 0 Å². The van der Waals surface area contributed by atoms with Crippen LogP contribution in [0.2, 0.25) is 0 Å². The topological polar surface area (TPSA) is 53.1 Å². The molecule has 2 aromatic rings. The van der Waals surface area contributed by atoms with Crippen molar-refractivity contribution in [3.05, 3.63) is 36.5 Å². The van der Waals surface area contributed by atoms with Crippen LogP contribution in [-0.2, 0) is 0 Å². The largest absolute Gasteiger partial charge is 0.372 e. The maximum absolute atomic E-state index is 4.51. The molecule has 1 saturated heterocycles. The molecule has 2 N–H and O–H groups in total. The first-order valence-electron chi connectivity index (χ1n) is 8.23. The van der Waals surface area contributed by atoms with Crippen molar-refractivity contribution in [1.29, 1.82) is 0 Å². The van der Waals surface area contributed by atoms with Crippen molar-refractivity contribution < 1.29 is 0 Å². The fraction of sp³-hybridized carbons (Fsp3) is 0.444. The Morgan fingerprint density at radius 3 is 2.35 bits per heavy atom. The molecule has 0 saturated carbocycles. The quantitative estimate of drug-likeness (QED) is 0.893. The molecule has 0 bridgehead atoms. The van der Waals surface area contributed by atoms with Gasteiger partial charge >= 0.3 is 0 Å². The van der Waals surface area contributed by atoms with E-state index in [-0.39, 0.29) is 5.54 Å². The molecule has 122 valence electrons. The van der Waals surface area contributed by atoms with Gasteiger partial charge in [0.2, 0.25) is 5.95 Å². The zero-order chi connectivity index (χ0) is 16.3. The van der Waals surface area contributed by atoms with E-state index >= 15 is 0 Å². The Morgan fingerprint density at radius 2 is 1.70 bits per heavy atom. The van der Waals surface area contributed by atoms with Crippen LogP contribution in [0.3, 0.4) is 0 Å². The number of anilines is 4. The second kappa shape index (κ2) is 6.44. The van der Waals surface area contributed by atoms with E-state index in [2.05, 4.69) is 70.5 Å². The summed E-state index contributed by atoms with van der Waals surface area (Å²) in [4.78, 5) is 11.2. The lowest BCUT2D eigenvalue weighted by atomic mass is 10.1. The predicted octanol–water partition coefficient (Wildman–Crippen LogP) is 4.03. The first kappa shape index (κ1) is 15.6. The maximum Gasteiger partial charge on any atom is 0.229 e. The summed E-state index contributed by atoms with van der Waals surface area (Å²) in [6, 6.07) is 10.4. The molecule has 3 rings (SSSR count). The highest BCUT2D eigenvalue weighted by Gasteiger charge is 2.12. The lowest BCUT2D eigenvalue weighted by molar-refractivity contribution is 0.630. The van der Waals surface area contributed by atoms with E-state index in [0.717, 1.165) is 24.6 Å². The van der Waals surface area contributed by atoms with Gasteiger partial charge in [-0.2, -0.15) is 4.98 Å². The van der Waals surface area contributed by atoms with Crippen molar-refractivity contribution in [3.8, 4) is 0 Å². The van der Waals surface area contributed by atoms with Crippen LogP contribution in [0.15, 0.2) is 36.5 Å². The zero-order valence-electron chi connectivity index (χ0n) is 14.1. The molecule has 23 heavy (non-hydrogen) atoms. The summed E-state index contributed by atoms with van der Waals surface area (Å²) >= 11 is 0. The summed E-state index contributed by atoms with van der Waals surface area (Å²) in [6.45, 7) is 8.66. The van der Waals surface area contributed by atoms with Crippen LogP contribution in [0.1, 0.15) is 33.6 Å². The predicted molar refractivity (Wildman–Crippen MR) is 96.6 cm³/mol. The van der Waals surface area contributed by atoms with Gasteiger partial charge in [0.1, 0.15) is 5.82 Å². The highest BCUT2D eigenvalue weighted by Crippen LogP contribution is 2.23. The van der Waals surface area contributed by atoms with Crippen LogP contribution in [0.5, 0.6) is 0 Å². The normalized spacial score (nSPS) is 14.8. The first-order valence-corrected chi connectivity index (χ1v) is 8.23. The van der Waals surface area contributed by atoms with E-state index in [1.54, 1.807) is 6.20 Å². The molecular formula is C18H25N5. The van der Waals surface area contributed by atoms with Crippen LogP contribution >= 0.6 is 0 Å². The van der Waals surface area contributed by atoms with E-state index in [1.165, 1.54) is 18.5 Å². The third kappa shape index (κ3) is 4.34.